The van der Waals surface area contributed by atoms with E-state index in [1.165, 1.54) is 6.92 Å². The molecule has 0 aliphatic heterocycles. The van der Waals surface area contributed by atoms with Crippen LogP contribution in [0.4, 0.5) is 0 Å². The highest BCUT2D eigenvalue weighted by atomic mass is 16.5. The van der Waals surface area contributed by atoms with Crippen LogP contribution in [0.1, 0.15) is 19.2 Å². The second kappa shape index (κ2) is 6.30. The molecule has 6 nitrogen and oxygen atoms in total. The highest BCUT2D eigenvalue weighted by Gasteiger charge is 2.11. The van der Waals surface area contributed by atoms with Gasteiger partial charge in [0.05, 0.1) is 17.3 Å². The molecule has 21 heavy (non-hydrogen) atoms. The highest BCUT2D eigenvalue weighted by molar-refractivity contribution is 5.80. The molecule has 0 saturated heterocycles. The number of esters is 1. The topological polar surface area (TPSA) is 78.3 Å². The minimum absolute atomic E-state index is 0.0753. The molecular formula is C15H16N2O4. The number of benzene rings is 1. The molecule has 1 aromatic heterocycles. The lowest BCUT2D eigenvalue weighted by Gasteiger charge is -2.10. The first-order chi connectivity index (χ1) is 9.99. The zero-order valence-electron chi connectivity index (χ0n) is 12.0. The van der Waals surface area contributed by atoms with E-state index in [0.717, 1.165) is 5.52 Å². The van der Waals surface area contributed by atoms with Gasteiger partial charge in [0.2, 0.25) is 0 Å². The number of carbonyl (C=O) groups excluding carboxylic acids is 2. The summed E-state index contributed by atoms with van der Waals surface area (Å²) < 4.78 is 6.57. The molecule has 0 fully saturated rings. The SMILES string of the molecule is CC(=O)COC(=O)CCc1nc(=O)c2ccccc2n1C. The summed E-state index contributed by atoms with van der Waals surface area (Å²) in [4.78, 5) is 38.2. The third kappa shape index (κ3) is 3.53. The number of carbonyl (C=O) groups is 2. The summed E-state index contributed by atoms with van der Waals surface area (Å²) in [7, 11) is 1.80. The molecule has 0 saturated carbocycles. The Balaban J connectivity index is 2.16. The van der Waals surface area contributed by atoms with E-state index < -0.39 is 5.97 Å². The molecular weight excluding hydrogens is 272 g/mol. The number of ketones is 1. The van der Waals surface area contributed by atoms with Gasteiger partial charge in [0.1, 0.15) is 12.4 Å². The largest absolute Gasteiger partial charge is 0.458 e. The standard InChI is InChI=1S/C15H16N2O4/c1-10(18)9-21-14(19)8-7-13-16-15(20)11-5-3-4-6-12(11)17(13)2/h3-6H,7-9H2,1-2H3. The van der Waals surface area contributed by atoms with Gasteiger partial charge in [-0.15, -0.1) is 0 Å². The molecule has 0 bridgehead atoms. The van der Waals surface area contributed by atoms with E-state index in [1.807, 2.05) is 12.1 Å². The van der Waals surface area contributed by atoms with Gasteiger partial charge >= 0.3 is 5.97 Å². The Morgan fingerprint density at radius 2 is 2.00 bits per heavy atom. The first kappa shape index (κ1) is 14.9. The molecule has 1 aromatic carbocycles. The van der Waals surface area contributed by atoms with Crippen molar-refractivity contribution in [1.82, 2.24) is 9.55 Å². The van der Waals surface area contributed by atoms with Crippen molar-refractivity contribution in [1.29, 1.82) is 0 Å². The summed E-state index contributed by atoms with van der Waals surface area (Å²) in [6.45, 7) is 1.13. The molecule has 110 valence electrons. The number of aryl methyl sites for hydroxylation is 2. The lowest BCUT2D eigenvalue weighted by Crippen LogP contribution is -2.19. The minimum Gasteiger partial charge on any atom is -0.458 e. The predicted octanol–water partition coefficient (Wildman–Crippen LogP) is 0.998. The van der Waals surface area contributed by atoms with E-state index >= 15 is 0 Å². The number of Topliss-reactive ketones (excluding diaryl/α,β-unsaturated/α-hetero) is 1. The second-order valence-electron chi connectivity index (χ2n) is 4.77. The normalized spacial score (nSPS) is 10.6. The molecule has 0 radical (unpaired) electrons. The van der Waals surface area contributed by atoms with Crippen LogP contribution in [0.15, 0.2) is 29.1 Å². The average Bonchev–Trinajstić information content (AvgIpc) is 2.47. The maximum atomic E-state index is 11.9. The number of rotatable bonds is 5. The molecule has 6 heteroatoms. The van der Waals surface area contributed by atoms with Gasteiger partial charge in [-0.25, -0.2) is 0 Å². The van der Waals surface area contributed by atoms with Crippen LogP contribution in [0, 0.1) is 0 Å². The fourth-order valence-corrected chi connectivity index (χ4v) is 2.03. The van der Waals surface area contributed by atoms with Crippen molar-refractivity contribution in [2.24, 2.45) is 7.05 Å². The first-order valence-electron chi connectivity index (χ1n) is 6.58. The van der Waals surface area contributed by atoms with Crippen molar-refractivity contribution in [3.05, 3.63) is 40.4 Å². The molecule has 0 aliphatic rings. The number of nitrogens with zero attached hydrogens (tertiary/aromatic N) is 2. The lowest BCUT2D eigenvalue weighted by molar-refractivity contribution is -0.147. The van der Waals surface area contributed by atoms with Gasteiger partial charge < -0.3 is 9.30 Å². The van der Waals surface area contributed by atoms with Gasteiger partial charge in [0, 0.05) is 13.5 Å². The zero-order valence-corrected chi connectivity index (χ0v) is 12.0. The Morgan fingerprint density at radius 3 is 2.71 bits per heavy atom. The number of hydrogen-bond acceptors (Lipinski definition) is 5. The molecule has 2 rings (SSSR count). The lowest BCUT2D eigenvalue weighted by atomic mass is 10.2. The minimum atomic E-state index is -0.479. The Kier molecular flexibility index (Phi) is 4.47. The van der Waals surface area contributed by atoms with Gasteiger partial charge in [-0.2, -0.15) is 4.98 Å². The Bertz CT molecular complexity index is 749. The van der Waals surface area contributed by atoms with Crippen LogP contribution in [0.25, 0.3) is 10.9 Å². The van der Waals surface area contributed by atoms with Gasteiger partial charge in [0.15, 0.2) is 5.78 Å². The molecule has 0 spiro atoms. The van der Waals surface area contributed by atoms with Crippen molar-refractivity contribution in [3.63, 3.8) is 0 Å². The van der Waals surface area contributed by atoms with Crippen molar-refractivity contribution in [2.75, 3.05) is 6.61 Å². The van der Waals surface area contributed by atoms with Crippen molar-refractivity contribution in [2.45, 2.75) is 19.8 Å². The highest BCUT2D eigenvalue weighted by Crippen LogP contribution is 2.10. The third-order valence-corrected chi connectivity index (χ3v) is 3.10. The predicted molar refractivity (Wildman–Crippen MR) is 76.9 cm³/mol. The zero-order chi connectivity index (χ0) is 15.4. The number of aromatic nitrogens is 2. The van der Waals surface area contributed by atoms with E-state index in [0.29, 0.717) is 11.2 Å². The summed E-state index contributed by atoms with van der Waals surface area (Å²) >= 11 is 0. The molecule has 0 N–H and O–H groups in total. The summed E-state index contributed by atoms with van der Waals surface area (Å²) in [5, 5.41) is 0.544. The van der Waals surface area contributed by atoms with Crippen LogP contribution >= 0.6 is 0 Å². The molecule has 2 aromatic rings. The van der Waals surface area contributed by atoms with E-state index in [2.05, 4.69) is 4.98 Å². The quantitative estimate of drug-likeness (QED) is 0.767. The van der Waals surface area contributed by atoms with Crippen LogP contribution in [-0.4, -0.2) is 27.9 Å². The van der Waals surface area contributed by atoms with Crippen LogP contribution < -0.4 is 5.56 Å². The van der Waals surface area contributed by atoms with Gasteiger partial charge in [0.25, 0.3) is 5.56 Å². The maximum absolute atomic E-state index is 11.9. The van der Waals surface area contributed by atoms with Crippen LogP contribution in [0.3, 0.4) is 0 Å². The van der Waals surface area contributed by atoms with E-state index in [-0.39, 0.29) is 30.8 Å². The fraction of sp³-hybridized carbons (Fsp3) is 0.333. The molecule has 0 amide bonds. The van der Waals surface area contributed by atoms with Gasteiger partial charge in [-0.05, 0) is 19.1 Å². The Morgan fingerprint density at radius 1 is 1.29 bits per heavy atom. The van der Waals surface area contributed by atoms with Crippen LogP contribution in [-0.2, 0) is 27.8 Å². The van der Waals surface area contributed by atoms with Crippen molar-refractivity contribution in [3.8, 4) is 0 Å². The third-order valence-electron chi connectivity index (χ3n) is 3.10. The average molecular weight is 288 g/mol. The summed E-state index contributed by atoms with van der Waals surface area (Å²) in [6, 6.07) is 7.17. The molecule has 1 heterocycles. The number of fused-ring (bicyclic) bond motifs is 1. The monoisotopic (exact) mass is 288 g/mol. The van der Waals surface area contributed by atoms with Gasteiger partial charge in [-0.1, -0.05) is 12.1 Å². The summed E-state index contributed by atoms with van der Waals surface area (Å²) in [6.07, 6.45) is 0.360. The first-order valence-corrected chi connectivity index (χ1v) is 6.58. The summed E-state index contributed by atoms with van der Waals surface area (Å²) in [5.41, 5.74) is 0.459. The molecule has 0 aliphatic carbocycles. The van der Waals surface area contributed by atoms with Crippen LogP contribution in [0.5, 0.6) is 0 Å². The smallest absolute Gasteiger partial charge is 0.306 e. The van der Waals surface area contributed by atoms with E-state index in [9.17, 15) is 14.4 Å². The number of hydrogen-bond donors (Lipinski definition) is 0. The Hall–Kier alpha value is -2.50. The summed E-state index contributed by atoms with van der Waals surface area (Å²) in [5.74, 6) is -0.175. The second-order valence-corrected chi connectivity index (χ2v) is 4.77. The molecule has 0 unspecified atom stereocenters. The van der Waals surface area contributed by atoms with Crippen molar-refractivity contribution < 1.29 is 14.3 Å². The van der Waals surface area contributed by atoms with Gasteiger partial charge in [-0.3, -0.25) is 14.4 Å². The maximum Gasteiger partial charge on any atom is 0.306 e. The van der Waals surface area contributed by atoms with E-state index in [4.69, 9.17) is 4.74 Å². The number of para-hydroxylation sites is 1. The van der Waals surface area contributed by atoms with E-state index in [1.54, 1.807) is 23.7 Å². The number of ether oxygens (including phenoxy) is 1. The fourth-order valence-electron chi connectivity index (χ4n) is 2.03. The molecule has 0 atom stereocenters. The van der Waals surface area contributed by atoms with Crippen molar-refractivity contribution >= 4 is 22.7 Å². The Labute approximate surface area is 121 Å². The van der Waals surface area contributed by atoms with Crippen LogP contribution in [0.2, 0.25) is 0 Å².